The number of hydrogen-bond donors (Lipinski definition) is 0. The molecule has 4 heteroatoms. The van der Waals surface area contributed by atoms with Gasteiger partial charge in [0.1, 0.15) is 19.6 Å². The van der Waals surface area contributed by atoms with E-state index in [2.05, 4.69) is 0 Å². The lowest BCUT2D eigenvalue weighted by Gasteiger charge is -2.45. The Kier molecular flexibility index (Phi) is 4.45. The number of fused-ring (bicyclic) bond motifs is 3. The van der Waals surface area contributed by atoms with Crippen molar-refractivity contribution in [2.24, 2.45) is 5.92 Å². The first-order valence-corrected chi connectivity index (χ1v) is 9.20. The van der Waals surface area contributed by atoms with Crippen molar-refractivity contribution in [1.82, 2.24) is 0 Å². The summed E-state index contributed by atoms with van der Waals surface area (Å²) in [6.45, 7) is 3.41. The molecule has 0 saturated carbocycles. The van der Waals surface area contributed by atoms with Gasteiger partial charge in [-0.3, -0.25) is 9.74 Å². The van der Waals surface area contributed by atoms with Crippen LogP contribution in [0.5, 0.6) is 0 Å². The van der Waals surface area contributed by atoms with E-state index in [4.69, 9.17) is 4.84 Å². The van der Waals surface area contributed by atoms with Crippen LogP contribution in [0.2, 0.25) is 0 Å². The summed E-state index contributed by atoms with van der Waals surface area (Å²) in [7, 11) is 0. The van der Waals surface area contributed by atoms with E-state index in [9.17, 15) is 4.79 Å². The summed E-state index contributed by atoms with van der Waals surface area (Å²) < 4.78 is 0.507. The number of anilines is 1. The van der Waals surface area contributed by atoms with Crippen LogP contribution in [0.4, 0.5) is 10.5 Å². The summed E-state index contributed by atoms with van der Waals surface area (Å²) in [5, 5.41) is 0. The predicted octanol–water partition coefficient (Wildman–Crippen LogP) is 4.38. The number of carbonyl (C=O) groups excluding carboxylic acids is 1. The van der Waals surface area contributed by atoms with E-state index in [1.807, 2.05) is 60.7 Å². The molecule has 5 rings (SSSR count). The van der Waals surface area contributed by atoms with Gasteiger partial charge in [0, 0.05) is 24.9 Å². The van der Waals surface area contributed by atoms with Crippen molar-refractivity contribution in [3.63, 3.8) is 0 Å². The van der Waals surface area contributed by atoms with Gasteiger partial charge in [-0.25, -0.2) is 4.79 Å². The SMILES string of the molecule is O=C(O[N+]12CCC(CC1)CC2)N(Cc1ccccc1)c1ccccc1. The Bertz CT molecular complexity index is 695. The van der Waals surface area contributed by atoms with Crippen LogP contribution in [-0.4, -0.2) is 30.4 Å². The Balaban J connectivity index is 1.55. The quantitative estimate of drug-likeness (QED) is 0.775. The second-order valence-corrected chi connectivity index (χ2v) is 7.23. The van der Waals surface area contributed by atoms with E-state index >= 15 is 0 Å². The first-order chi connectivity index (χ1) is 12.2. The summed E-state index contributed by atoms with van der Waals surface area (Å²) in [6, 6.07) is 19.9. The number of amides is 1. The van der Waals surface area contributed by atoms with Crippen LogP contribution < -0.4 is 4.90 Å². The van der Waals surface area contributed by atoms with Crippen molar-refractivity contribution < 1.29 is 14.3 Å². The summed E-state index contributed by atoms with van der Waals surface area (Å²) in [5.74, 6) is 0.841. The summed E-state index contributed by atoms with van der Waals surface area (Å²) in [5.41, 5.74) is 1.97. The third kappa shape index (κ3) is 3.54. The van der Waals surface area contributed by atoms with Crippen molar-refractivity contribution >= 4 is 11.8 Å². The van der Waals surface area contributed by atoms with Crippen molar-refractivity contribution in [2.45, 2.75) is 25.8 Å². The molecule has 2 bridgehead atoms. The Labute approximate surface area is 149 Å². The molecule has 130 valence electrons. The molecular formula is C21H25N2O2+. The fourth-order valence-corrected chi connectivity index (χ4v) is 4.01. The van der Waals surface area contributed by atoms with E-state index in [1.54, 1.807) is 4.90 Å². The molecule has 0 radical (unpaired) electrons. The monoisotopic (exact) mass is 337 g/mol. The first-order valence-electron chi connectivity index (χ1n) is 9.20. The van der Waals surface area contributed by atoms with Gasteiger partial charge in [-0.05, 0) is 23.6 Å². The molecule has 0 atom stereocenters. The van der Waals surface area contributed by atoms with Gasteiger partial charge in [-0.1, -0.05) is 48.5 Å². The van der Waals surface area contributed by atoms with Gasteiger partial charge in [0.15, 0.2) is 0 Å². The van der Waals surface area contributed by atoms with Gasteiger partial charge >= 0.3 is 6.09 Å². The number of para-hydroxylation sites is 1. The Hall–Kier alpha value is -2.33. The smallest absolute Gasteiger partial charge is 0.269 e. The largest absolute Gasteiger partial charge is 0.469 e. The molecule has 2 aromatic carbocycles. The average Bonchev–Trinajstić information content (AvgIpc) is 2.68. The van der Waals surface area contributed by atoms with Gasteiger partial charge in [0.2, 0.25) is 0 Å². The highest BCUT2D eigenvalue weighted by molar-refractivity contribution is 5.87. The first kappa shape index (κ1) is 16.2. The van der Waals surface area contributed by atoms with Crippen molar-refractivity contribution in [3.8, 4) is 0 Å². The van der Waals surface area contributed by atoms with E-state index in [1.165, 1.54) is 19.3 Å². The minimum atomic E-state index is -0.240. The highest BCUT2D eigenvalue weighted by atomic mass is 16.8. The number of hydrogen-bond acceptors (Lipinski definition) is 2. The fourth-order valence-electron chi connectivity index (χ4n) is 4.01. The lowest BCUT2D eigenvalue weighted by molar-refractivity contribution is -1.10. The molecule has 3 fully saturated rings. The number of benzene rings is 2. The van der Waals surface area contributed by atoms with Crippen LogP contribution in [0.15, 0.2) is 60.7 Å². The average molecular weight is 337 g/mol. The maximum Gasteiger partial charge on any atom is 0.469 e. The molecule has 0 N–H and O–H groups in total. The second-order valence-electron chi connectivity index (χ2n) is 7.23. The normalized spacial score (nSPS) is 24.7. The number of piperidine rings is 3. The standard InChI is InChI=1S/C21H25N2O2/c24-21(25-23-14-11-18(12-15-23)13-16-23)22(20-9-5-2-6-10-20)17-19-7-3-1-4-8-19/h1-10,18H,11-17H2/q+1. The molecule has 3 aliphatic heterocycles. The molecule has 0 spiro atoms. The Morgan fingerprint density at radius 1 is 0.920 bits per heavy atom. The minimum absolute atomic E-state index is 0.240. The van der Waals surface area contributed by atoms with Crippen LogP contribution in [0.3, 0.4) is 0 Å². The third-order valence-electron chi connectivity index (χ3n) is 5.58. The third-order valence-corrected chi connectivity index (χ3v) is 5.58. The Morgan fingerprint density at radius 3 is 2.08 bits per heavy atom. The lowest BCUT2D eigenvalue weighted by atomic mass is 9.88. The van der Waals surface area contributed by atoms with Gasteiger partial charge in [0.25, 0.3) is 0 Å². The molecule has 3 saturated heterocycles. The molecule has 2 aromatic rings. The van der Waals surface area contributed by atoms with Crippen LogP contribution in [-0.2, 0) is 11.4 Å². The van der Waals surface area contributed by atoms with Crippen LogP contribution in [0, 0.1) is 5.92 Å². The van der Waals surface area contributed by atoms with E-state index in [-0.39, 0.29) is 6.09 Å². The maximum atomic E-state index is 13.1. The summed E-state index contributed by atoms with van der Waals surface area (Å²) >= 11 is 0. The molecule has 3 aliphatic rings. The fraction of sp³-hybridized carbons (Fsp3) is 0.381. The minimum Gasteiger partial charge on any atom is -0.269 e. The summed E-state index contributed by atoms with van der Waals surface area (Å²) in [6.07, 6.45) is 3.29. The predicted molar refractivity (Wildman–Crippen MR) is 97.8 cm³/mol. The zero-order valence-corrected chi connectivity index (χ0v) is 14.5. The molecule has 4 nitrogen and oxygen atoms in total. The molecule has 25 heavy (non-hydrogen) atoms. The van der Waals surface area contributed by atoms with Crippen LogP contribution in [0.1, 0.15) is 24.8 Å². The second kappa shape index (κ2) is 6.89. The van der Waals surface area contributed by atoms with Gasteiger partial charge in [-0.2, -0.15) is 0 Å². The van der Waals surface area contributed by atoms with E-state index in [0.717, 1.165) is 36.8 Å². The molecule has 0 aliphatic carbocycles. The number of quaternary nitrogens is 1. The maximum absolute atomic E-state index is 13.1. The zero-order chi connectivity index (χ0) is 17.1. The van der Waals surface area contributed by atoms with Crippen LogP contribution >= 0.6 is 0 Å². The van der Waals surface area contributed by atoms with Gasteiger partial charge in [0.05, 0.1) is 6.54 Å². The molecular weight excluding hydrogens is 312 g/mol. The highest BCUT2D eigenvalue weighted by Gasteiger charge is 2.44. The zero-order valence-electron chi connectivity index (χ0n) is 14.5. The summed E-state index contributed by atoms with van der Waals surface area (Å²) in [4.78, 5) is 20.9. The lowest BCUT2D eigenvalue weighted by Crippen LogP contribution is -2.60. The van der Waals surface area contributed by atoms with Crippen molar-refractivity contribution in [1.29, 1.82) is 0 Å². The van der Waals surface area contributed by atoms with E-state index < -0.39 is 0 Å². The highest BCUT2D eigenvalue weighted by Crippen LogP contribution is 2.34. The van der Waals surface area contributed by atoms with E-state index in [0.29, 0.717) is 11.2 Å². The number of carbonyl (C=O) groups is 1. The molecule has 0 aromatic heterocycles. The number of hydroxylamine groups is 3. The number of rotatable bonds is 4. The van der Waals surface area contributed by atoms with Crippen molar-refractivity contribution in [2.75, 3.05) is 24.5 Å². The molecule has 3 heterocycles. The molecule has 0 unspecified atom stereocenters. The Morgan fingerprint density at radius 2 is 1.48 bits per heavy atom. The number of nitrogens with zero attached hydrogens (tertiary/aromatic N) is 2. The molecule has 1 amide bonds. The van der Waals surface area contributed by atoms with Crippen molar-refractivity contribution in [3.05, 3.63) is 66.2 Å². The van der Waals surface area contributed by atoms with Gasteiger partial charge < -0.3 is 0 Å². The van der Waals surface area contributed by atoms with Gasteiger partial charge in [-0.15, -0.1) is 4.65 Å². The topological polar surface area (TPSA) is 29.5 Å². The van der Waals surface area contributed by atoms with Crippen LogP contribution in [0.25, 0.3) is 0 Å².